The molecule has 0 aliphatic heterocycles. The van der Waals surface area contributed by atoms with Gasteiger partial charge in [0.05, 0.1) is 6.61 Å². The van der Waals surface area contributed by atoms with Gasteiger partial charge in [-0.2, -0.15) is 0 Å². The molecule has 142 valence electrons. The molecule has 0 N–H and O–H groups in total. The Labute approximate surface area is 158 Å². The van der Waals surface area contributed by atoms with Gasteiger partial charge in [-0.3, -0.25) is 0 Å². The Hall–Kier alpha value is -1.57. The van der Waals surface area contributed by atoms with Gasteiger partial charge in [0.25, 0.3) is 0 Å². The van der Waals surface area contributed by atoms with Crippen LogP contribution in [0.1, 0.15) is 57.4 Å². The molecule has 2 atom stereocenters. The molecule has 2 aliphatic carbocycles. The summed E-state index contributed by atoms with van der Waals surface area (Å²) in [6.07, 6.45) is 18.5. The molecule has 3 rings (SSSR count). The van der Waals surface area contributed by atoms with Crippen LogP contribution in [0, 0.1) is 36.4 Å². The van der Waals surface area contributed by atoms with Crippen LogP contribution >= 0.6 is 0 Å². The summed E-state index contributed by atoms with van der Waals surface area (Å²) in [6.45, 7) is 4.69. The zero-order chi connectivity index (χ0) is 18.4. The maximum Gasteiger partial charge on any atom is 0.165 e. The molecule has 0 bridgehead atoms. The fraction of sp³-hybridized carbons (Fsp3) is 0.583. The van der Waals surface area contributed by atoms with Gasteiger partial charge in [0.2, 0.25) is 0 Å². The molecule has 0 amide bonds. The van der Waals surface area contributed by atoms with Gasteiger partial charge >= 0.3 is 0 Å². The van der Waals surface area contributed by atoms with Gasteiger partial charge in [-0.25, -0.2) is 4.39 Å². The highest BCUT2D eigenvalue weighted by Crippen LogP contribution is 2.39. The van der Waals surface area contributed by atoms with Crippen LogP contribution in [0.5, 0.6) is 5.75 Å². The lowest BCUT2D eigenvalue weighted by Gasteiger charge is -2.34. The zero-order valence-electron chi connectivity index (χ0n) is 16.3. The summed E-state index contributed by atoms with van der Waals surface area (Å²) in [4.78, 5) is 0. The van der Waals surface area contributed by atoms with Crippen molar-refractivity contribution in [1.29, 1.82) is 0 Å². The standard InChI is InChI=1S/C24H33FO/c1-3-4-5-19-7-11-21(12-8-19)22-13-9-20(10-14-22)17-26-24-15-6-18(2)16-23(24)25/h4-6,9,13,15-16,19-22H,3,7-8,10-12,14,17H2,1-2H3/b5-4+. The molecule has 0 radical (unpaired) electrons. The number of halogens is 1. The maximum atomic E-state index is 13.9. The Kier molecular flexibility index (Phi) is 6.93. The molecule has 2 heteroatoms. The van der Waals surface area contributed by atoms with Crippen molar-refractivity contribution in [3.8, 4) is 5.75 Å². The number of benzene rings is 1. The van der Waals surface area contributed by atoms with Gasteiger partial charge in [0.1, 0.15) is 0 Å². The molecule has 1 aromatic rings. The Morgan fingerprint density at radius 3 is 2.54 bits per heavy atom. The molecular weight excluding hydrogens is 323 g/mol. The van der Waals surface area contributed by atoms with E-state index in [9.17, 15) is 4.39 Å². The van der Waals surface area contributed by atoms with E-state index in [1.807, 2.05) is 13.0 Å². The Morgan fingerprint density at radius 1 is 1.08 bits per heavy atom. The zero-order valence-corrected chi connectivity index (χ0v) is 16.3. The van der Waals surface area contributed by atoms with E-state index in [0.717, 1.165) is 36.2 Å². The Bertz CT molecular complexity index is 625. The average molecular weight is 357 g/mol. The number of hydrogen-bond acceptors (Lipinski definition) is 1. The van der Waals surface area contributed by atoms with Crippen molar-refractivity contribution >= 4 is 0 Å². The highest BCUT2D eigenvalue weighted by molar-refractivity contribution is 5.28. The first-order valence-electron chi connectivity index (χ1n) is 10.4. The summed E-state index contributed by atoms with van der Waals surface area (Å²) < 4.78 is 19.6. The topological polar surface area (TPSA) is 9.23 Å². The van der Waals surface area contributed by atoms with Gasteiger partial charge < -0.3 is 4.74 Å². The molecule has 1 fully saturated rings. The lowest BCUT2D eigenvalue weighted by atomic mass is 9.72. The fourth-order valence-corrected chi connectivity index (χ4v) is 4.44. The van der Waals surface area contributed by atoms with E-state index in [2.05, 4.69) is 31.2 Å². The Morgan fingerprint density at radius 2 is 1.88 bits per heavy atom. The summed E-state index contributed by atoms with van der Waals surface area (Å²) in [7, 11) is 0. The molecule has 2 aliphatic rings. The average Bonchev–Trinajstić information content (AvgIpc) is 2.66. The fourth-order valence-electron chi connectivity index (χ4n) is 4.44. The normalized spacial score (nSPS) is 29.2. The second kappa shape index (κ2) is 9.39. The van der Waals surface area contributed by atoms with Crippen LogP contribution in [0.4, 0.5) is 4.39 Å². The number of ether oxygens (including phenoxy) is 1. The summed E-state index contributed by atoms with van der Waals surface area (Å²) in [5, 5.41) is 0. The molecule has 0 saturated heterocycles. The third-order valence-electron chi connectivity index (χ3n) is 6.11. The first-order chi connectivity index (χ1) is 12.7. The molecule has 26 heavy (non-hydrogen) atoms. The number of hydrogen-bond donors (Lipinski definition) is 0. The summed E-state index contributed by atoms with van der Waals surface area (Å²) >= 11 is 0. The number of rotatable bonds is 6. The monoisotopic (exact) mass is 356 g/mol. The lowest BCUT2D eigenvalue weighted by Crippen LogP contribution is -2.24. The quantitative estimate of drug-likeness (QED) is 0.505. The smallest absolute Gasteiger partial charge is 0.165 e. The second-order valence-corrected chi connectivity index (χ2v) is 8.14. The van der Waals surface area contributed by atoms with Crippen molar-refractivity contribution in [2.45, 2.75) is 58.8 Å². The van der Waals surface area contributed by atoms with E-state index in [0.29, 0.717) is 18.3 Å². The number of aryl methyl sites for hydroxylation is 1. The van der Waals surface area contributed by atoms with Crippen molar-refractivity contribution in [1.82, 2.24) is 0 Å². The Balaban J connectivity index is 1.44. The van der Waals surface area contributed by atoms with Gasteiger partial charge in [-0.05, 0) is 87.3 Å². The van der Waals surface area contributed by atoms with Crippen LogP contribution < -0.4 is 4.74 Å². The molecule has 1 saturated carbocycles. The van der Waals surface area contributed by atoms with Crippen LogP contribution in [-0.2, 0) is 0 Å². The van der Waals surface area contributed by atoms with Crippen LogP contribution in [0.3, 0.4) is 0 Å². The predicted molar refractivity (Wildman–Crippen MR) is 107 cm³/mol. The molecule has 0 spiro atoms. The van der Waals surface area contributed by atoms with Gasteiger partial charge in [-0.1, -0.05) is 37.3 Å². The molecule has 2 unspecified atom stereocenters. The summed E-state index contributed by atoms with van der Waals surface area (Å²) in [5.74, 6) is 2.94. The van der Waals surface area contributed by atoms with Gasteiger partial charge in [0.15, 0.2) is 11.6 Å². The van der Waals surface area contributed by atoms with E-state index in [1.165, 1.54) is 38.2 Å². The van der Waals surface area contributed by atoms with Gasteiger partial charge in [-0.15, -0.1) is 0 Å². The predicted octanol–water partition coefficient (Wildman–Crippen LogP) is 6.87. The lowest BCUT2D eigenvalue weighted by molar-refractivity contribution is 0.208. The van der Waals surface area contributed by atoms with Crippen molar-refractivity contribution in [2.24, 2.45) is 23.7 Å². The van der Waals surface area contributed by atoms with E-state index >= 15 is 0 Å². The van der Waals surface area contributed by atoms with E-state index in [4.69, 9.17) is 4.74 Å². The first kappa shape index (κ1) is 19.2. The molecule has 0 heterocycles. The van der Waals surface area contributed by atoms with Crippen LogP contribution in [-0.4, -0.2) is 6.61 Å². The third-order valence-corrected chi connectivity index (χ3v) is 6.11. The maximum absolute atomic E-state index is 13.9. The van der Waals surface area contributed by atoms with Crippen LogP contribution in [0.2, 0.25) is 0 Å². The molecule has 1 nitrogen and oxygen atoms in total. The van der Waals surface area contributed by atoms with Crippen molar-refractivity contribution < 1.29 is 9.13 Å². The summed E-state index contributed by atoms with van der Waals surface area (Å²) in [6, 6.07) is 5.18. The van der Waals surface area contributed by atoms with Crippen molar-refractivity contribution in [3.63, 3.8) is 0 Å². The van der Waals surface area contributed by atoms with Crippen molar-refractivity contribution in [2.75, 3.05) is 6.61 Å². The minimum Gasteiger partial charge on any atom is -0.490 e. The highest BCUT2D eigenvalue weighted by Gasteiger charge is 2.27. The highest BCUT2D eigenvalue weighted by atomic mass is 19.1. The first-order valence-corrected chi connectivity index (χ1v) is 10.4. The minimum absolute atomic E-state index is 0.253. The van der Waals surface area contributed by atoms with Crippen LogP contribution in [0.25, 0.3) is 0 Å². The molecular formula is C24H33FO. The summed E-state index contributed by atoms with van der Waals surface area (Å²) in [5.41, 5.74) is 0.926. The second-order valence-electron chi connectivity index (χ2n) is 8.14. The van der Waals surface area contributed by atoms with Crippen LogP contribution in [0.15, 0.2) is 42.5 Å². The van der Waals surface area contributed by atoms with E-state index in [-0.39, 0.29) is 5.82 Å². The molecule has 0 aromatic heterocycles. The third kappa shape index (κ3) is 5.22. The SMILES string of the molecule is CC/C=C/C1CCC(C2C=CC(COc3ccc(C)cc3F)CC2)CC1. The largest absolute Gasteiger partial charge is 0.490 e. The molecule has 1 aromatic carbocycles. The van der Waals surface area contributed by atoms with E-state index in [1.54, 1.807) is 6.07 Å². The minimum atomic E-state index is -0.253. The number of allylic oxidation sites excluding steroid dienone is 3. The van der Waals surface area contributed by atoms with Gasteiger partial charge in [0, 0.05) is 5.92 Å². The van der Waals surface area contributed by atoms with E-state index < -0.39 is 0 Å². The van der Waals surface area contributed by atoms with Crippen molar-refractivity contribution in [3.05, 3.63) is 53.9 Å².